The van der Waals surface area contributed by atoms with E-state index in [1.54, 1.807) is 23.7 Å². The van der Waals surface area contributed by atoms with Gasteiger partial charge in [-0.25, -0.2) is 0 Å². The molecule has 0 aromatic carbocycles. The van der Waals surface area contributed by atoms with Crippen LogP contribution in [-0.4, -0.2) is 21.0 Å². The first kappa shape index (κ1) is 14.6. The van der Waals surface area contributed by atoms with Gasteiger partial charge in [-0.2, -0.15) is 0 Å². The Bertz CT molecular complexity index is 572. The normalized spacial score (nSPS) is 13.9. The van der Waals surface area contributed by atoms with Gasteiger partial charge in [-0.15, -0.1) is 11.3 Å². The third-order valence-corrected chi connectivity index (χ3v) is 4.03. The molecule has 2 unspecified atom stereocenters. The summed E-state index contributed by atoms with van der Waals surface area (Å²) < 4.78 is 0. The predicted molar refractivity (Wildman–Crippen MR) is 77.6 cm³/mol. The molecule has 0 bridgehead atoms. The molecule has 6 heteroatoms. The SMILES string of the molecule is Cc1nccnc1C(C)NC(CC(=O)O)c1cccs1. The molecular weight excluding hydrogens is 274 g/mol. The summed E-state index contributed by atoms with van der Waals surface area (Å²) in [5, 5.41) is 14.3. The average molecular weight is 291 g/mol. The van der Waals surface area contributed by atoms with Gasteiger partial charge in [0.05, 0.1) is 23.9 Å². The molecule has 5 nitrogen and oxygen atoms in total. The molecule has 2 atom stereocenters. The number of aromatic nitrogens is 2. The van der Waals surface area contributed by atoms with Crippen molar-refractivity contribution in [2.75, 3.05) is 0 Å². The Morgan fingerprint density at radius 3 is 2.80 bits per heavy atom. The fourth-order valence-electron chi connectivity index (χ4n) is 2.13. The van der Waals surface area contributed by atoms with Crippen molar-refractivity contribution in [3.05, 3.63) is 46.2 Å². The molecule has 0 saturated heterocycles. The molecule has 20 heavy (non-hydrogen) atoms. The minimum Gasteiger partial charge on any atom is -0.481 e. The number of hydrogen-bond acceptors (Lipinski definition) is 5. The maximum Gasteiger partial charge on any atom is 0.305 e. The van der Waals surface area contributed by atoms with Gasteiger partial charge >= 0.3 is 5.97 Å². The monoisotopic (exact) mass is 291 g/mol. The molecule has 0 aliphatic heterocycles. The summed E-state index contributed by atoms with van der Waals surface area (Å²) in [5.41, 5.74) is 1.70. The second-order valence-corrected chi connectivity index (χ2v) is 5.56. The van der Waals surface area contributed by atoms with Crippen molar-refractivity contribution in [2.24, 2.45) is 0 Å². The lowest BCUT2D eigenvalue weighted by molar-refractivity contribution is -0.137. The van der Waals surface area contributed by atoms with Crippen molar-refractivity contribution >= 4 is 17.3 Å². The quantitative estimate of drug-likeness (QED) is 0.856. The van der Waals surface area contributed by atoms with E-state index in [9.17, 15) is 4.79 Å². The summed E-state index contributed by atoms with van der Waals surface area (Å²) in [7, 11) is 0. The molecule has 0 saturated carbocycles. The minimum atomic E-state index is -0.820. The van der Waals surface area contributed by atoms with Crippen LogP contribution in [0.2, 0.25) is 0 Å². The maximum absolute atomic E-state index is 11.0. The smallest absolute Gasteiger partial charge is 0.305 e. The number of carboxylic acid groups (broad SMARTS) is 1. The van der Waals surface area contributed by atoms with Gasteiger partial charge in [0, 0.05) is 23.3 Å². The van der Waals surface area contributed by atoms with Gasteiger partial charge in [-0.1, -0.05) is 6.07 Å². The fraction of sp³-hybridized carbons (Fsp3) is 0.357. The molecule has 0 aliphatic rings. The Balaban J connectivity index is 2.15. The third-order valence-electron chi connectivity index (χ3n) is 3.05. The molecular formula is C14H17N3O2S. The standard InChI is InChI=1S/C14H17N3O2S/c1-9-14(16-6-5-15-9)10(2)17-11(8-13(18)19)12-4-3-7-20-12/h3-7,10-11,17H,8H2,1-2H3,(H,18,19). The second-order valence-electron chi connectivity index (χ2n) is 4.58. The van der Waals surface area contributed by atoms with Gasteiger partial charge in [0.2, 0.25) is 0 Å². The summed E-state index contributed by atoms with van der Waals surface area (Å²) in [6.07, 6.45) is 3.35. The highest BCUT2D eigenvalue weighted by atomic mass is 32.1. The molecule has 2 N–H and O–H groups in total. The first-order valence-corrected chi connectivity index (χ1v) is 7.24. The Morgan fingerprint density at radius 1 is 1.45 bits per heavy atom. The van der Waals surface area contributed by atoms with Crippen LogP contribution >= 0.6 is 11.3 Å². The van der Waals surface area contributed by atoms with Gasteiger partial charge in [-0.05, 0) is 25.3 Å². The van der Waals surface area contributed by atoms with E-state index in [4.69, 9.17) is 5.11 Å². The van der Waals surface area contributed by atoms with Crippen molar-refractivity contribution < 1.29 is 9.90 Å². The Labute approximate surface area is 121 Å². The van der Waals surface area contributed by atoms with Gasteiger partial charge in [0.25, 0.3) is 0 Å². The van der Waals surface area contributed by atoms with Gasteiger partial charge in [0.15, 0.2) is 0 Å². The van der Waals surface area contributed by atoms with E-state index in [-0.39, 0.29) is 18.5 Å². The predicted octanol–water partition coefficient (Wildman–Crippen LogP) is 2.71. The number of thiophene rings is 1. The lowest BCUT2D eigenvalue weighted by Crippen LogP contribution is -2.27. The van der Waals surface area contributed by atoms with Crippen molar-refractivity contribution in [1.82, 2.24) is 15.3 Å². The average Bonchev–Trinajstić information content (AvgIpc) is 2.91. The van der Waals surface area contributed by atoms with Crippen molar-refractivity contribution in [1.29, 1.82) is 0 Å². The molecule has 0 fully saturated rings. The fourth-order valence-corrected chi connectivity index (χ4v) is 2.92. The van der Waals surface area contributed by atoms with E-state index in [0.717, 1.165) is 16.3 Å². The summed E-state index contributed by atoms with van der Waals surface area (Å²) in [4.78, 5) is 20.6. The minimum absolute atomic E-state index is 0.0458. The van der Waals surface area contributed by atoms with E-state index in [0.29, 0.717) is 0 Å². The van der Waals surface area contributed by atoms with Crippen LogP contribution in [0.4, 0.5) is 0 Å². The molecule has 2 rings (SSSR count). The largest absolute Gasteiger partial charge is 0.481 e. The highest BCUT2D eigenvalue weighted by molar-refractivity contribution is 7.10. The number of carbonyl (C=O) groups is 1. The number of aliphatic carboxylic acids is 1. The van der Waals surface area contributed by atoms with Gasteiger partial charge in [-0.3, -0.25) is 14.8 Å². The van der Waals surface area contributed by atoms with Crippen LogP contribution in [0.3, 0.4) is 0 Å². The summed E-state index contributed by atoms with van der Waals surface area (Å²) in [6.45, 7) is 3.87. The first-order valence-electron chi connectivity index (χ1n) is 6.36. The van der Waals surface area contributed by atoms with Crippen LogP contribution in [0, 0.1) is 6.92 Å². The number of nitrogens with zero attached hydrogens (tertiary/aromatic N) is 2. The number of nitrogens with one attached hydrogen (secondary N) is 1. The van der Waals surface area contributed by atoms with Crippen molar-refractivity contribution in [2.45, 2.75) is 32.4 Å². The lowest BCUT2D eigenvalue weighted by atomic mass is 10.1. The number of hydrogen-bond donors (Lipinski definition) is 2. The van der Waals surface area contributed by atoms with Crippen LogP contribution in [0.25, 0.3) is 0 Å². The number of carboxylic acids is 1. The molecule has 106 valence electrons. The van der Waals surface area contributed by atoms with E-state index < -0.39 is 5.97 Å². The summed E-state index contributed by atoms with van der Waals surface area (Å²) >= 11 is 1.55. The van der Waals surface area contributed by atoms with E-state index >= 15 is 0 Å². The van der Waals surface area contributed by atoms with Crippen molar-refractivity contribution in [3.8, 4) is 0 Å². The molecule has 0 spiro atoms. The van der Waals surface area contributed by atoms with Crippen LogP contribution in [-0.2, 0) is 4.79 Å². The van der Waals surface area contributed by atoms with Crippen molar-refractivity contribution in [3.63, 3.8) is 0 Å². The Morgan fingerprint density at radius 2 is 2.20 bits per heavy atom. The molecule has 0 radical (unpaired) electrons. The maximum atomic E-state index is 11.0. The van der Waals surface area contributed by atoms with Crippen LogP contribution in [0.15, 0.2) is 29.9 Å². The van der Waals surface area contributed by atoms with E-state index in [1.165, 1.54) is 0 Å². The topological polar surface area (TPSA) is 75.1 Å². The van der Waals surface area contributed by atoms with Crippen LogP contribution in [0.1, 0.15) is 41.7 Å². The third kappa shape index (κ3) is 3.61. The van der Waals surface area contributed by atoms with Crippen LogP contribution < -0.4 is 5.32 Å². The molecule has 2 aromatic heterocycles. The summed E-state index contributed by atoms with van der Waals surface area (Å²) in [5.74, 6) is -0.820. The van der Waals surface area contributed by atoms with Crippen LogP contribution in [0.5, 0.6) is 0 Å². The molecule has 0 aliphatic carbocycles. The first-order chi connectivity index (χ1) is 9.58. The highest BCUT2D eigenvalue weighted by Crippen LogP contribution is 2.25. The van der Waals surface area contributed by atoms with E-state index in [2.05, 4.69) is 15.3 Å². The lowest BCUT2D eigenvalue weighted by Gasteiger charge is -2.21. The second kappa shape index (κ2) is 6.58. The highest BCUT2D eigenvalue weighted by Gasteiger charge is 2.20. The van der Waals surface area contributed by atoms with Gasteiger partial charge < -0.3 is 10.4 Å². The molecule has 2 aromatic rings. The van der Waals surface area contributed by atoms with Gasteiger partial charge in [0.1, 0.15) is 0 Å². The number of rotatable bonds is 6. The number of aryl methyl sites for hydroxylation is 1. The Kier molecular flexibility index (Phi) is 4.81. The zero-order valence-corrected chi connectivity index (χ0v) is 12.2. The molecule has 0 amide bonds. The Hall–Kier alpha value is -1.79. The zero-order chi connectivity index (χ0) is 14.5. The summed E-state index contributed by atoms with van der Waals surface area (Å²) in [6, 6.07) is 3.59. The molecule has 2 heterocycles. The van der Waals surface area contributed by atoms with E-state index in [1.807, 2.05) is 31.4 Å². The zero-order valence-electron chi connectivity index (χ0n) is 11.4.